The Labute approximate surface area is 222 Å². The summed E-state index contributed by atoms with van der Waals surface area (Å²) in [5.41, 5.74) is 1.31. The van der Waals surface area contributed by atoms with Crippen molar-refractivity contribution in [2.24, 2.45) is 0 Å². The molecule has 8 nitrogen and oxygen atoms in total. The van der Waals surface area contributed by atoms with Crippen LogP contribution in [0.1, 0.15) is 12.5 Å². The maximum absolute atomic E-state index is 13.5. The Morgan fingerprint density at radius 3 is 2.32 bits per heavy atom. The Morgan fingerprint density at radius 2 is 1.68 bits per heavy atom. The molecule has 0 unspecified atom stereocenters. The summed E-state index contributed by atoms with van der Waals surface area (Å²) < 4.78 is 43.0. The van der Waals surface area contributed by atoms with Crippen molar-refractivity contribution in [3.63, 3.8) is 0 Å². The normalized spacial score (nSPS) is 11.0. The average molecular weight is 545 g/mol. The molecular weight excluding hydrogens is 512 g/mol. The Hall–Kier alpha value is -3.37. The highest BCUT2D eigenvalue weighted by Gasteiger charge is 2.23. The van der Waals surface area contributed by atoms with Crippen molar-refractivity contribution in [1.82, 2.24) is 5.32 Å². The molecule has 0 fully saturated rings. The highest BCUT2D eigenvalue weighted by molar-refractivity contribution is 7.98. The minimum absolute atomic E-state index is 0.0495. The van der Waals surface area contributed by atoms with E-state index in [2.05, 4.69) is 10.6 Å². The summed E-state index contributed by atoms with van der Waals surface area (Å²) in [7, 11) is -0.705. The second kappa shape index (κ2) is 13.3. The van der Waals surface area contributed by atoms with Crippen LogP contribution in [-0.4, -0.2) is 54.5 Å². The molecule has 2 N–H and O–H groups in total. The van der Waals surface area contributed by atoms with Crippen LogP contribution in [0.25, 0.3) is 0 Å². The number of hydrogen-bond acceptors (Lipinski definition) is 8. The smallest absolute Gasteiger partial charge is 0.239 e. The highest BCUT2D eigenvalue weighted by Crippen LogP contribution is 2.32. The third-order valence-corrected chi connectivity index (χ3v) is 8.10. The molecule has 0 atom stereocenters. The van der Waals surface area contributed by atoms with Crippen molar-refractivity contribution >= 4 is 33.2 Å². The van der Waals surface area contributed by atoms with Gasteiger partial charge in [-0.25, -0.2) is 8.42 Å². The molecule has 0 radical (unpaired) electrons. The molecular formula is C27H32N2O6S2. The number of carbonyl (C=O) groups is 1. The number of sulfone groups is 1. The van der Waals surface area contributed by atoms with Gasteiger partial charge in [0, 0.05) is 17.5 Å². The first-order chi connectivity index (χ1) is 17.8. The van der Waals surface area contributed by atoms with E-state index >= 15 is 0 Å². The second-order valence-electron chi connectivity index (χ2n) is 7.91. The SMILES string of the molecule is CCOc1ccc(NCC(=O)NCCc2ccc(OC)c(OC)c2)c(S(=O)(=O)c2ccc(SC)cc2)c1. The summed E-state index contributed by atoms with van der Waals surface area (Å²) in [6, 6.07) is 17.1. The van der Waals surface area contributed by atoms with Crippen molar-refractivity contribution in [3.05, 3.63) is 66.2 Å². The molecule has 0 bridgehead atoms. The number of methoxy groups -OCH3 is 2. The summed E-state index contributed by atoms with van der Waals surface area (Å²) in [6.45, 7) is 2.55. The summed E-state index contributed by atoms with van der Waals surface area (Å²) in [5, 5.41) is 5.83. The number of nitrogens with one attached hydrogen (secondary N) is 2. The first kappa shape index (κ1) is 28.2. The van der Waals surface area contributed by atoms with E-state index in [1.54, 1.807) is 50.6 Å². The highest BCUT2D eigenvalue weighted by atomic mass is 32.2. The van der Waals surface area contributed by atoms with E-state index < -0.39 is 9.84 Å². The first-order valence-electron chi connectivity index (χ1n) is 11.7. The van der Waals surface area contributed by atoms with Crippen molar-refractivity contribution in [2.75, 3.05) is 45.5 Å². The molecule has 3 rings (SSSR count). The second-order valence-corrected chi connectivity index (χ2v) is 10.7. The molecule has 37 heavy (non-hydrogen) atoms. The lowest BCUT2D eigenvalue weighted by molar-refractivity contribution is -0.119. The molecule has 0 heterocycles. The molecule has 0 spiro atoms. The van der Waals surface area contributed by atoms with E-state index in [0.29, 0.717) is 42.5 Å². The first-order valence-corrected chi connectivity index (χ1v) is 14.4. The monoisotopic (exact) mass is 544 g/mol. The Morgan fingerprint density at radius 1 is 0.946 bits per heavy atom. The minimum Gasteiger partial charge on any atom is -0.494 e. The number of benzene rings is 3. The number of amides is 1. The number of hydrogen-bond donors (Lipinski definition) is 2. The molecule has 0 aliphatic carbocycles. The van der Waals surface area contributed by atoms with Crippen LogP contribution in [0.4, 0.5) is 5.69 Å². The number of ether oxygens (including phenoxy) is 3. The van der Waals surface area contributed by atoms with E-state index in [1.165, 1.54) is 17.8 Å². The summed E-state index contributed by atoms with van der Waals surface area (Å²) >= 11 is 1.53. The van der Waals surface area contributed by atoms with Crippen LogP contribution in [0.3, 0.4) is 0 Å². The molecule has 0 aliphatic rings. The topological polar surface area (TPSA) is 103 Å². The zero-order valence-corrected chi connectivity index (χ0v) is 23.0. The van der Waals surface area contributed by atoms with Gasteiger partial charge in [-0.3, -0.25) is 4.79 Å². The maximum atomic E-state index is 13.5. The maximum Gasteiger partial charge on any atom is 0.239 e. The van der Waals surface area contributed by atoms with Crippen LogP contribution >= 0.6 is 11.8 Å². The van der Waals surface area contributed by atoms with Crippen molar-refractivity contribution in [3.8, 4) is 17.2 Å². The standard InChI is InChI=1S/C27H32N2O6S2/c1-5-35-20-7-12-23(26(17-20)37(31,32)22-10-8-21(36-4)9-11-22)29-18-27(30)28-15-14-19-6-13-24(33-2)25(16-19)34-3/h6-13,16-17,29H,5,14-15,18H2,1-4H3,(H,28,30). The minimum atomic E-state index is -3.85. The molecule has 1 amide bonds. The molecule has 198 valence electrons. The quantitative estimate of drug-likeness (QED) is 0.305. The van der Waals surface area contributed by atoms with E-state index in [-0.39, 0.29) is 22.2 Å². The van der Waals surface area contributed by atoms with Gasteiger partial charge in [0.05, 0.1) is 42.8 Å². The van der Waals surface area contributed by atoms with Crippen molar-refractivity contribution in [1.29, 1.82) is 0 Å². The van der Waals surface area contributed by atoms with Gasteiger partial charge in [0.1, 0.15) is 5.75 Å². The van der Waals surface area contributed by atoms with Crippen LogP contribution in [0.15, 0.2) is 75.4 Å². The van der Waals surface area contributed by atoms with Gasteiger partial charge in [-0.05, 0) is 73.7 Å². The Kier molecular flexibility index (Phi) is 10.1. The zero-order chi connectivity index (χ0) is 26.8. The van der Waals surface area contributed by atoms with Gasteiger partial charge in [0.15, 0.2) is 11.5 Å². The van der Waals surface area contributed by atoms with Crippen LogP contribution in [0.2, 0.25) is 0 Å². The molecule has 0 aliphatic heterocycles. The Bertz CT molecular complexity index is 1310. The molecule has 3 aromatic rings. The van der Waals surface area contributed by atoms with E-state index in [1.807, 2.05) is 31.4 Å². The average Bonchev–Trinajstić information content (AvgIpc) is 2.92. The van der Waals surface area contributed by atoms with Crippen LogP contribution < -0.4 is 24.8 Å². The third-order valence-electron chi connectivity index (χ3n) is 5.55. The lowest BCUT2D eigenvalue weighted by atomic mass is 10.1. The van der Waals surface area contributed by atoms with Gasteiger partial charge in [-0.1, -0.05) is 6.07 Å². The molecule has 0 saturated heterocycles. The van der Waals surface area contributed by atoms with Gasteiger partial charge in [-0.15, -0.1) is 11.8 Å². The fraction of sp³-hybridized carbons (Fsp3) is 0.296. The number of carbonyl (C=O) groups excluding carboxylic acids is 1. The largest absolute Gasteiger partial charge is 0.494 e. The van der Waals surface area contributed by atoms with Gasteiger partial charge in [0.2, 0.25) is 15.7 Å². The predicted molar refractivity (Wildman–Crippen MR) is 146 cm³/mol. The molecule has 0 aromatic heterocycles. The fourth-order valence-electron chi connectivity index (χ4n) is 3.63. The molecule has 0 saturated carbocycles. The number of anilines is 1. The van der Waals surface area contributed by atoms with Crippen molar-refractivity contribution in [2.45, 2.75) is 28.0 Å². The third kappa shape index (κ3) is 7.33. The predicted octanol–water partition coefficient (Wildman–Crippen LogP) is 4.43. The van der Waals surface area contributed by atoms with Gasteiger partial charge < -0.3 is 24.8 Å². The van der Waals surface area contributed by atoms with E-state index in [4.69, 9.17) is 14.2 Å². The number of rotatable bonds is 13. The summed E-state index contributed by atoms with van der Waals surface area (Å²) in [6.07, 6.45) is 2.52. The van der Waals surface area contributed by atoms with Crippen molar-refractivity contribution < 1.29 is 27.4 Å². The summed E-state index contributed by atoms with van der Waals surface area (Å²) in [5.74, 6) is 1.44. The van der Waals surface area contributed by atoms with Crippen LogP contribution in [0.5, 0.6) is 17.2 Å². The molecule has 10 heteroatoms. The summed E-state index contributed by atoms with van der Waals surface area (Å²) in [4.78, 5) is 13.7. The van der Waals surface area contributed by atoms with Gasteiger partial charge in [0.25, 0.3) is 0 Å². The zero-order valence-electron chi connectivity index (χ0n) is 21.4. The van der Waals surface area contributed by atoms with E-state index in [0.717, 1.165) is 10.5 Å². The number of thioether (sulfide) groups is 1. The lowest BCUT2D eigenvalue weighted by Gasteiger charge is -2.15. The van der Waals surface area contributed by atoms with Gasteiger partial charge >= 0.3 is 0 Å². The van der Waals surface area contributed by atoms with Crippen LogP contribution in [0, 0.1) is 0 Å². The van der Waals surface area contributed by atoms with E-state index in [9.17, 15) is 13.2 Å². The van der Waals surface area contributed by atoms with Gasteiger partial charge in [-0.2, -0.15) is 0 Å². The Balaban J connectivity index is 1.69. The molecule has 3 aromatic carbocycles. The fourth-order valence-corrected chi connectivity index (χ4v) is 5.49. The van der Waals surface area contributed by atoms with Crippen LogP contribution in [-0.2, 0) is 21.1 Å². The lowest BCUT2D eigenvalue weighted by Crippen LogP contribution is -2.31.